The van der Waals surface area contributed by atoms with E-state index < -0.39 is 22.5 Å². The third kappa shape index (κ3) is 7.39. The van der Waals surface area contributed by atoms with Gasteiger partial charge in [-0.3, -0.25) is 9.10 Å². The third-order valence-electron chi connectivity index (χ3n) is 5.09. The second kappa shape index (κ2) is 13.7. The summed E-state index contributed by atoms with van der Waals surface area (Å²) in [5, 5.41) is 4.39. The SMILES string of the molecule is CCOc1ccc(/C=N\NC(=O)CN(c2ccccc2OCC)S(=O)(=O)c2ccc(Cl)cc2)cc1OCC. The largest absolute Gasteiger partial charge is 0.492 e. The average Bonchev–Trinajstić information content (AvgIpc) is 2.90. The van der Waals surface area contributed by atoms with Gasteiger partial charge >= 0.3 is 0 Å². The van der Waals surface area contributed by atoms with Crippen molar-refractivity contribution in [2.45, 2.75) is 25.7 Å². The van der Waals surface area contributed by atoms with Gasteiger partial charge in [0.25, 0.3) is 15.9 Å². The number of ether oxygens (including phenoxy) is 3. The number of hydrogen-bond acceptors (Lipinski definition) is 7. The number of nitrogens with zero attached hydrogens (tertiary/aromatic N) is 2. The molecule has 38 heavy (non-hydrogen) atoms. The molecule has 0 aromatic heterocycles. The van der Waals surface area contributed by atoms with Gasteiger partial charge in [-0.25, -0.2) is 13.8 Å². The lowest BCUT2D eigenvalue weighted by Crippen LogP contribution is -2.39. The van der Waals surface area contributed by atoms with Gasteiger partial charge in [0.2, 0.25) is 0 Å². The van der Waals surface area contributed by atoms with Gasteiger partial charge in [-0.15, -0.1) is 0 Å². The zero-order valence-electron chi connectivity index (χ0n) is 21.4. The topological polar surface area (TPSA) is 107 Å². The molecule has 9 nitrogen and oxygen atoms in total. The number of carbonyl (C=O) groups is 1. The summed E-state index contributed by atoms with van der Waals surface area (Å²) in [7, 11) is -4.15. The van der Waals surface area contributed by atoms with Crippen molar-refractivity contribution in [2.24, 2.45) is 5.10 Å². The van der Waals surface area contributed by atoms with E-state index in [0.717, 1.165) is 4.31 Å². The van der Waals surface area contributed by atoms with Crippen LogP contribution in [0.5, 0.6) is 17.2 Å². The molecule has 0 aliphatic heterocycles. The Bertz CT molecular complexity index is 1360. The quantitative estimate of drug-likeness (QED) is 0.236. The Labute approximate surface area is 228 Å². The maximum atomic E-state index is 13.6. The first-order chi connectivity index (χ1) is 18.3. The van der Waals surface area contributed by atoms with E-state index in [0.29, 0.717) is 47.7 Å². The van der Waals surface area contributed by atoms with E-state index in [1.165, 1.54) is 30.5 Å². The molecular formula is C27H30ClN3O6S. The molecule has 0 atom stereocenters. The number of anilines is 1. The Morgan fingerprint density at radius 1 is 0.895 bits per heavy atom. The molecule has 0 radical (unpaired) electrons. The highest BCUT2D eigenvalue weighted by atomic mass is 35.5. The van der Waals surface area contributed by atoms with Crippen molar-refractivity contribution < 1.29 is 27.4 Å². The molecule has 3 aromatic carbocycles. The van der Waals surface area contributed by atoms with Crippen LogP contribution >= 0.6 is 11.6 Å². The Morgan fingerprint density at radius 2 is 1.53 bits per heavy atom. The highest BCUT2D eigenvalue weighted by Crippen LogP contribution is 2.33. The zero-order chi connectivity index (χ0) is 27.5. The van der Waals surface area contributed by atoms with Gasteiger partial charge < -0.3 is 14.2 Å². The molecule has 0 saturated heterocycles. The normalized spacial score (nSPS) is 11.3. The Kier molecular flexibility index (Phi) is 10.4. The van der Waals surface area contributed by atoms with Crippen LogP contribution in [-0.2, 0) is 14.8 Å². The van der Waals surface area contributed by atoms with Gasteiger partial charge in [0.1, 0.15) is 12.3 Å². The van der Waals surface area contributed by atoms with Crippen LogP contribution in [0.2, 0.25) is 5.02 Å². The molecule has 0 saturated carbocycles. The van der Waals surface area contributed by atoms with E-state index in [4.69, 9.17) is 25.8 Å². The highest BCUT2D eigenvalue weighted by molar-refractivity contribution is 7.92. The first kappa shape index (κ1) is 28.8. The summed E-state index contributed by atoms with van der Waals surface area (Å²) in [6.07, 6.45) is 1.43. The number of rotatable bonds is 13. The van der Waals surface area contributed by atoms with Crippen LogP contribution in [0.25, 0.3) is 0 Å². The summed E-state index contributed by atoms with van der Waals surface area (Å²) < 4.78 is 45.0. The minimum atomic E-state index is -4.15. The van der Waals surface area contributed by atoms with Gasteiger partial charge in [-0.1, -0.05) is 23.7 Å². The van der Waals surface area contributed by atoms with Gasteiger partial charge in [0.15, 0.2) is 11.5 Å². The first-order valence-electron chi connectivity index (χ1n) is 12.0. The molecular weight excluding hydrogens is 530 g/mol. The van der Waals surface area contributed by atoms with E-state index in [1.807, 2.05) is 13.8 Å². The van der Waals surface area contributed by atoms with E-state index in [2.05, 4.69) is 10.5 Å². The molecule has 1 N–H and O–H groups in total. The maximum Gasteiger partial charge on any atom is 0.264 e. The van der Waals surface area contributed by atoms with Crippen molar-refractivity contribution in [1.82, 2.24) is 5.43 Å². The van der Waals surface area contributed by atoms with Crippen LogP contribution in [0.4, 0.5) is 5.69 Å². The predicted molar refractivity (Wildman–Crippen MR) is 148 cm³/mol. The Balaban J connectivity index is 1.85. The van der Waals surface area contributed by atoms with Crippen molar-refractivity contribution in [1.29, 1.82) is 0 Å². The molecule has 0 fully saturated rings. The lowest BCUT2D eigenvalue weighted by atomic mass is 10.2. The molecule has 202 valence electrons. The van der Waals surface area contributed by atoms with Gasteiger partial charge in [0, 0.05) is 5.02 Å². The average molecular weight is 560 g/mol. The van der Waals surface area contributed by atoms with Crippen molar-refractivity contribution in [3.8, 4) is 17.2 Å². The van der Waals surface area contributed by atoms with Crippen LogP contribution in [-0.4, -0.2) is 46.9 Å². The van der Waals surface area contributed by atoms with Crippen molar-refractivity contribution in [3.63, 3.8) is 0 Å². The summed E-state index contributed by atoms with van der Waals surface area (Å²) >= 11 is 5.95. The summed E-state index contributed by atoms with van der Waals surface area (Å²) in [6, 6.07) is 17.6. The summed E-state index contributed by atoms with van der Waals surface area (Å²) in [6.45, 7) is 6.25. The summed E-state index contributed by atoms with van der Waals surface area (Å²) in [5.74, 6) is 0.826. The molecule has 0 bridgehead atoms. The number of carbonyl (C=O) groups excluding carboxylic acids is 1. The zero-order valence-corrected chi connectivity index (χ0v) is 23.0. The summed E-state index contributed by atoms with van der Waals surface area (Å²) in [4.78, 5) is 12.9. The molecule has 11 heteroatoms. The first-order valence-corrected chi connectivity index (χ1v) is 13.8. The molecule has 1 amide bonds. The molecule has 0 aliphatic carbocycles. The lowest BCUT2D eigenvalue weighted by molar-refractivity contribution is -0.119. The van der Waals surface area contributed by atoms with Gasteiger partial charge in [0.05, 0.1) is 36.6 Å². The minimum absolute atomic E-state index is 0.0256. The Hall–Kier alpha value is -3.76. The number of hydrogen-bond donors (Lipinski definition) is 1. The molecule has 0 heterocycles. The Morgan fingerprint density at radius 3 is 2.21 bits per heavy atom. The second-order valence-electron chi connectivity index (χ2n) is 7.73. The number of benzene rings is 3. The van der Waals surface area contributed by atoms with Crippen LogP contribution < -0.4 is 23.9 Å². The standard InChI is InChI=1S/C27H30ClN3O6S/c1-4-35-24-10-8-7-9-23(24)31(38(33,34)22-14-12-21(28)13-15-22)19-27(32)30-29-18-20-11-16-25(36-5-2)26(17-20)37-6-3/h7-18H,4-6,19H2,1-3H3,(H,30,32)/b29-18-. The molecule has 0 unspecified atom stereocenters. The molecule has 3 rings (SSSR count). The van der Waals surface area contributed by atoms with Crippen molar-refractivity contribution >= 4 is 39.4 Å². The van der Waals surface area contributed by atoms with Gasteiger partial charge in [-0.2, -0.15) is 5.10 Å². The lowest BCUT2D eigenvalue weighted by Gasteiger charge is -2.25. The predicted octanol–water partition coefficient (Wildman–Crippen LogP) is 4.88. The molecule has 0 aliphatic rings. The second-order valence-corrected chi connectivity index (χ2v) is 10.0. The number of sulfonamides is 1. The number of amides is 1. The summed E-state index contributed by atoms with van der Waals surface area (Å²) in [5.41, 5.74) is 3.27. The fourth-order valence-corrected chi connectivity index (χ4v) is 5.02. The van der Waals surface area contributed by atoms with Crippen LogP contribution in [0, 0.1) is 0 Å². The van der Waals surface area contributed by atoms with Crippen LogP contribution in [0.1, 0.15) is 26.3 Å². The third-order valence-corrected chi connectivity index (χ3v) is 7.12. The maximum absolute atomic E-state index is 13.6. The molecule has 3 aromatic rings. The van der Waals surface area contributed by atoms with Gasteiger partial charge in [-0.05, 0) is 80.9 Å². The fourth-order valence-electron chi connectivity index (χ4n) is 3.47. The highest BCUT2D eigenvalue weighted by Gasteiger charge is 2.29. The van der Waals surface area contributed by atoms with Crippen LogP contribution in [0.3, 0.4) is 0 Å². The van der Waals surface area contributed by atoms with E-state index in [-0.39, 0.29) is 10.6 Å². The smallest absolute Gasteiger partial charge is 0.264 e. The minimum Gasteiger partial charge on any atom is -0.492 e. The molecule has 0 spiro atoms. The fraction of sp³-hybridized carbons (Fsp3) is 0.259. The van der Waals surface area contributed by atoms with E-state index >= 15 is 0 Å². The monoisotopic (exact) mass is 559 g/mol. The van der Waals surface area contributed by atoms with Crippen molar-refractivity contribution in [3.05, 3.63) is 77.3 Å². The van der Waals surface area contributed by atoms with E-state index in [9.17, 15) is 13.2 Å². The number of nitrogens with one attached hydrogen (secondary N) is 1. The number of para-hydroxylation sites is 2. The van der Waals surface area contributed by atoms with E-state index in [1.54, 1.807) is 49.4 Å². The van der Waals surface area contributed by atoms with Crippen molar-refractivity contribution in [2.75, 3.05) is 30.7 Å². The number of halogens is 1. The van der Waals surface area contributed by atoms with Crippen LogP contribution in [0.15, 0.2) is 76.7 Å². The number of hydrazone groups is 1.